The second-order valence-electron chi connectivity index (χ2n) is 2.74. The van der Waals surface area contributed by atoms with Crippen LogP contribution in [0.15, 0.2) is 30.3 Å². The fourth-order valence-corrected chi connectivity index (χ4v) is 0.985. The quantitative estimate of drug-likeness (QED) is 0.742. The van der Waals surface area contributed by atoms with E-state index in [0.29, 0.717) is 12.8 Å². The summed E-state index contributed by atoms with van der Waals surface area (Å²) in [6.07, 6.45) is 0.879. The lowest BCUT2D eigenvalue weighted by atomic mass is 10.2. The smallest absolute Gasteiger partial charge is 0.224 e. The lowest BCUT2D eigenvalue weighted by Gasteiger charge is -2.02. The maximum Gasteiger partial charge on any atom is 0.224 e. The number of nitrogens with zero attached hydrogens (tertiary/aromatic N) is 1. The Balaban J connectivity index is 2.37. The van der Waals surface area contributed by atoms with Gasteiger partial charge in [-0.05, 0) is 18.6 Å². The first-order valence-electron chi connectivity index (χ1n) is 4.28. The lowest BCUT2D eigenvalue weighted by molar-refractivity contribution is -0.116. The highest BCUT2D eigenvalue weighted by Crippen LogP contribution is 2.05. The first-order chi connectivity index (χ1) is 6.33. The van der Waals surface area contributed by atoms with Gasteiger partial charge in [0.05, 0.1) is 0 Å². The molecule has 1 aromatic rings. The van der Waals surface area contributed by atoms with Crippen molar-refractivity contribution in [3.05, 3.63) is 30.3 Å². The molecule has 0 saturated heterocycles. The molecule has 13 heavy (non-hydrogen) atoms. The number of hydrogen-bond acceptors (Lipinski definition) is 1. The molecular formula is C10H12N2O. The summed E-state index contributed by atoms with van der Waals surface area (Å²) < 4.78 is 0. The molecule has 1 amide bonds. The van der Waals surface area contributed by atoms with Gasteiger partial charge in [0.25, 0.3) is 0 Å². The Morgan fingerprint density at radius 1 is 1.31 bits per heavy atom. The average molecular weight is 176 g/mol. The number of nitrogens with one attached hydrogen (secondary N) is 1. The molecule has 0 aliphatic carbocycles. The summed E-state index contributed by atoms with van der Waals surface area (Å²) in [5.74, 6) is -0.0553. The molecule has 3 nitrogen and oxygen atoms in total. The Labute approximate surface area is 77.9 Å². The molecule has 0 aliphatic heterocycles. The van der Waals surface area contributed by atoms with Crippen LogP contribution in [0.2, 0.25) is 0 Å². The molecule has 0 heterocycles. The third kappa shape index (κ3) is 3.71. The molecule has 0 spiro atoms. The van der Waals surface area contributed by atoms with Gasteiger partial charge in [-0.1, -0.05) is 18.2 Å². The van der Waals surface area contributed by atoms with Gasteiger partial charge in [-0.3, -0.25) is 4.79 Å². The van der Waals surface area contributed by atoms with E-state index < -0.39 is 0 Å². The number of carbonyl (C=O) groups is 1. The van der Waals surface area contributed by atoms with Crippen LogP contribution in [0.5, 0.6) is 0 Å². The molecule has 0 aromatic heterocycles. The zero-order valence-corrected chi connectivity index (χ0v) is 7.36. The van der Waals surface area contributed by atoms with Crippen LogP contribution in [0.3, 0.4) is 0 Å². The molecule has 1 N–H and O–H groups in total. The molecule has 1 rings (SSSR count). The van der Waals surface area contributed by atoms with E-state index in [-0.39, 0.29) is 12.5 Å². The van der Waals surface area contributed by atoms with Crippen LogP contribution in [0.25, 0.3) is 0 Å². The molecule has 3 heteroatoms. The predicted molar refractivity (Wildman–Crippen MR) is 51.3 cm³/mol. The van der Waals surface area contributed by atoms with E-state index in [1.807, 2.05) is 30.3 Å². The summed E-state index contributed by atoms with van der Waals surface area (Å²) in [7, 11) is 0. The Morgan fingerprint density at radius 2 is 2.00 bits per heavy atom. The number of anilines is 1. The molecule has 68 valence electrons. The zero-order valence-electron chi connectivity index (χ0n) is 7.36. The van der Waals surface area contributed by atoms with Crippen LogP contribution >= 0.6 is 0 Å². The SMILES string of the molecule is [N]CCCC(=O)Nc1ccccc1. The normalized spacial score (nSPS) is 9.62. The average Bonchev–Trinajstić information content (AvgIpc) is 2.16. The first-order valence-corrected chi connectivity index (χ1v) is 4.28. The van der Waals surface area contributed by atoms with Crippen molar-refractivity contribution in [1.82, 2.24) is 5.73 Å². The Kier molecular flexibility index (Phi) is 3.99. The van der Waals surface area contributed by atoms with E-state index in [1.54, 1.807) is 0 Å². The molecular weight excluding hydrogens is 164 g/mol. The number of carbonyl (C=O) groups excluding carboxylic acids is 1. The summed E-state index contributed by atoms with van der Waals surface area (Å²) in [5.41, 5.74) is 9.30. The lowest BCUT2D eigenvalue weighted by Crippen LogP contribution is -2.11. The third-order valence-electron chi connectivity index (χ3n) is 1.62. The van der Waals surface area contributed by atoms with Crippen molar-refractivity contribution in [2.75, 3.05) is 11.9 Å². The molecule has 0 saturated carbocycles. The maximum atomic E-state index is 11.1. The first kappa shape index (κ1) is 9.74. The highest BCUT2D eigenvalue weighted by Gasteiger charge is 1.99. The van der Waals surface area contributed by atoms with E-state index in [9.17, 15) is 4.79 Å². The monoisotopic (exact) mass is 176 g/mol. The molecule has 1 aromatic carbocycles. The van der Waals surface area contributed by atoms with Crippen molar-refractivity contribution in [3.8, 4) is 0 Å². The maximum absolute atomic E-state index is 11.1. The van der Waals surface area contributed by atoms with E-state index >= 15 is 0 Å². The van der Waals surface area contributed by atoms with Gasteiger partial charge < -0.3 is 5.32 Å². The number of rotatable bonds is 4. The molecule has 0 atom stereocenters. The van der Waals surface area contributed by atoms with Crippen molar-refractivity contribution >= 4 is 11.6 Å². The number of amides is 1. The molecule has 2 radical (unpaired) electrons. The Morgan fingerprint density at radius 3 is 2.62 bits per heavy atom. The molecule has 0 unspecified atom stereocenters. The topological polar surface area (TPSA) is 51.4 Å². The van der Waals surface area contributed by atoms with Gasteiger partial charge in [0.15, 0.2) is 0 Å². The zero-order chi connectivity index (χ0) is 9.52. The molecule has 0 fully saturated rings. The van der Waals surface area contributed by atoms with Gasteiger partial charge in [0.2, 0.25) is 5.91 Å². The van der Waals surface area contributed by atoms with Crippen LogP contribution in [0, 0.1) is 0 Å². The third-order valence-corrected chi connectivity index (χ3v) is 1.62. The summed E-state index contributed by atoms with van der Waals surface area (Å²) in [5, 5.41) is 2.73. The second-order valence-corrected chi connectivity index (χ2v) is 2.74. The van der Waals surface area contributed by atoms with E-state index in [1.165, 1.54) is 0 Å². The highest BCUT2D eigenvalue weighted by molar-refractivity contribution is 5.90. The summed E-state index contributed by atoms with van der Waals surface area (Å²) >= 11 is 0. The minimum atomic E-state index is -0.0553. The van der Waals surface area contributed by atoms with Gasteiger partial charge in [0, 0.05) is 18.7 Å². The van der Waals surface area contributed by atoms with E-state index in [2.05, 4.69) is 5.32 Å². The van der Waals surface area contributed by atoms with Crippen LogP contribution < -0.4 is 11.1 Å². The highest BCUT2D eigenvalue weighted by atomic mass is 16.1. The standard InChI is InChI=1S/C10H12N2O/c11-8-4-7-10(13)12-9-5-2-1-3-6-9/h1-3,5-6H,4,7-8H2,(H,12,13). The fraction of sp³-hybridized carbons (Fsp3) is 0.300. The van der Waals surface area contributed by atoms with Gasteiger partial charge >= 0.3 is 0 Å². The van der Waals surface area contributed by atoms with Crippen LogP contribution in [0.4, 0.5) is 5.69 Å². The van der Waals surface area contributed by atoms with Crippen LogP contribution in [-0.2, 0) is 4.79 Å². The van der Waals surface area contributed by atoms with Gasteiger partial charge in [-0.2, -0.15) is 0 Å². The van der Waals surface area contributed by atoms with Gasteiger partial charge in [-0.15, -0.1) is 5.73 Å². The minimum absolute atomic E-state index is 0.0553. The van der Waals surface area contributed by atoms with Crippen LogP contribution in [0.1, 0.15) is 12.8 Å². The summed E-state index contributed by atoms with van der Waals surface area (Å²) in [6, 6.07) is 9.28. The predicted octanol–water partition coefficient (Wildman–Crippen LogP) is 1.47. The Bertz CT molecular complexity index is 259. The number of hydrogen-bond donors (Lipinski definition) is 1. The van der Waals surface area contributed by atoms with Crippen molar-refractivity contribution in [3.63, 3.8) is 0 Å². The fourth-order valence-electron chi connectivity index (χ4n) is 0.985. The van der Waals surface area contributed by atoms with E-state index in [0.717, 1.165) is 5.69 Å². The summed E-state index contributed by atoms with van der Waals surface area (Å²) in [4.78, 5) is 11.1. The van der Waals surface area contributed by atoms with Crippen molar-refractivity contribution in [1.29, 1.82) is 0 Å². The van der Waals surface area contributed by atoms with Crippen molar-refractivity contribution < 1.29 is 4.79 Å². The number of benzene rings is 1. The minimum Gasteiger partial charge on any atom is -0.326 e. The molecule has 0 aliphatic rings. The van der Waals surface area contributed by atoms with Gasteiger partial charge in [0.1, 0.15) is 0 Å². The van der Waals surface area contributed by atoms with Crippen LogP contribution in [-0.4, -0.2) is 12.5 Å². The second kappa shape index (κ2) is 5.32. The largest absolute Gasteiger partial charge is 0.326 e. The molecule has 0 bridgehead atoms. The summed E-state index contributed by atoms with van der Waals surface area (Å²) in [6.45, 7) is 0.0577. The van der Waals surface area contributed by atoms with Crippen molar-refractivity contribution in [2.24, 2.45) is 0 Å². The number of para-hydroxylation sites is 1. The Hall–Kier alpha value is -1.35. The van der Waals surface area contributed by atoms with Crippen molar-refractivity contribution in [2.45, 2.75) is 12.8 Å². The van der Waals surface area contributed by atoms with E-state index in [4.69, 9.17) is 5.73 Å². The van der Waals surface area contributed by atoms with Gasteiger partial charge in [-0.25, -0.2) is 0 Å².